The molecule has 0 aliphatic rings. The maximum Gasteiger partial charge on any atom is 0.573 e. The van der Waals surface area contributed by atoms with Gasteiger partial charge in [-0.1, -0.05) is 0 Å². The summed E-state index contributed by atoms with van der Waals surface area (Å²) in [5.41, 5.74) is -0.925. The summed E-state index contributed by atoms with van der Waals surface area (Å²) in [4.78, 5) is 26.4. The largest absolute Gasteiger partial charge is 0.573 e. The number of anilines is 2. The van der Waals surface area contributed by atoms with Crippen molar-refractivity contribution in [3.8, 4) is 5.75 Å². The molecular formula is C11H8F3N3O3. The van der Waals surface area contributed by atoms with Gasteiger partial charge in [0, 0.05) is 11.8 Å². The van der Waals surface area contributed by atoms with Crippen LogP contribution in [0.15, 0.2) is 39.9 Å². The summed E-state index contributed by atoms with van der Waals surface area (Å²) in [6.45, 7) is 0. The molecule has 0 aliphatic heterocycles. The molecule has 6 nitrogen and oxygen atoms in total. The zero-order valence-electron chi connectivity index (χ0n) is 9.75. The number of ether oxygens (including phenoxy) is 1. The van der Waals surface area contributed by atoms with E-state index in [-0.39, 0.29) is 11.6 Å². The van der Waals surface area contributed by atoms with Crippen LogP contribution >= 0.6 is 0 Å². The molecule has 0 unspecified atom stereocenters. The van der Waals surface area contributed by atoms with Gasteiger partial charge in [0.1, 0.15) is 11.6 Å². The molecular weight excluding hydrogens is 279 g/mol. The van der Waals surface area contributed by atoms with Crippen molar-refractivity contribution < 1.29 is 17.9 Å². The van der Waals surface area contributed by atoms with Gasteiger partial charge in [0.25, 0.3) is 5.56 Å². The van der Waals surface area contributed by atoms with Gasteiger partial charge in [-0.15, -0.1) is 13.2 Å². The number of halogens is 3. The third kappa shape index (κ3) is 3.90. The Hall–Kier alpha value is -2.71. The first kappa shape index (κ1) is 13.7. The van der Waals surface area contributed by atoms with Crippen molar-refractivity contribution in [3.05, 3.63) is 51.2 Å². The minimum absolute atomic E-state index is 0.114. The van der Waals surface area contributed by atoms with Crippen molar-refractivity contribution in [3.63, 3.8) is 0 Å². The summed E-state index contributed by atoms with van der Waals surface area (Å²) >= 11 is 0. The van der Waals surface area contributed by atoms with Crippen LogP contribution in [0.3, 0.4) is 0 Å². The molecule has 0 radical (unpaired) electrons. The number of alkyl halides is 3. The number of benzene rings is 1. The van der Waals surface area contributed by atoms with Gasteiger partial charge in [0.05, 0.1) is 0 Å². The van der Waals surface area contributed by atoms with Crippen LogP contribution in [0.25, 0.3) is 0 Å². The molecule has 1 heterocycles. The van der Waals surface area contributed by atoms with Crippen molar-refractivity contribution in [1.29, 1.82) is 0 Å². The van der Waals surface area contributed by atoms with Gasteiger partial charge in [0.2, 0.25) is 0 Å². The molecule has 0 saturated carbocycles. The Labute approximate surface area is 109 Å². The van der Waals surface area contributed by atoms with Crippen LogP contribution in [-0.2, 0) is 0 Å². The fraction of sp³-hybridized carbons (Fsp3) is 0.0909. The maximum absolute atomic E-state index is 12.0. The van der Waals surface area contributed by atoms with E-state index in [1.165, 1.54) is 12.1 Å². The van der Waals surface area contributed by atoms with E-state index in [9.17, 15) is 22.8 Å². The lowest BCUT2D eigenvalue weighted by Crippen LogP contribution is -2.22. The molecule has 0 bridgehead atoms. The molecule has 2 rings (SSSR count). The highest BCUT2D eigenvalue weighted by molar-refractivity contribution is 5.56. The van der Waals surface area contributed by atoms with E-state index in [0.29, 0.717) is 5.69 Å². The average molecular weight is 287 g/mol. The second-order valence-corrected chi connectivity index (χ2v) is 3.70. The first-order chi connectivity index (χ1) is 9.32. The van der Waals surface area contributed by atoms with E-state index in [0.717, 1.165) is 18.2 Å². The summed E-state index contributed by atoms with van der Waals surface area (Å²) in [5.74, 6) is -0.259. The molecule has 3 N–H and O–H groups in total. The Morgan fingerprint density at radius 1 is 1.05 bits per heavy atom. The second kappa shape index (κ2) is 5.11. The normalized spacial score (nSPS) is 11.2. The predicted molar refractivity (Wildman–Crippen MR) is 64.1 cm³/mol. The monoisotopic (exact) mass is 287 g/mol. The molecule has 20 heavy (non-hydrogen) atoms. The third-order valence-corrected chi connectivity index (χ3v) is 2.13. The zero-order chi connectivity index (χ0) is 14.8. The highest BCUT2D eigenvalue weighted by Crippen LogP contribution is 2.24. The number of aromatic nitrogens is 2. The smallest absolute Gasteiger partial charge is 0.406 e. The average Bonchev–Trinajstić information content (AvgIpc) is 2.28. The molecule has 106 valence electrons. The quantitative estimate of drug-likeness (QED) is 0.802. The third-order valence-electron chi connectivity index (χ3n) is 2.13. The molecule has 0 amide bonds. The Kier molecular flexibility index (Phi) is 3.51. The molecule has 0 spiro atoms. The first-order valence-corrected chi connectivity index (χ1v) is 5.28. The molecule has 0 saturated heterocycles. The van der Waals surface area contributed by atoms with Gasteiger partial charge in [-0.05, 0) is 24.3 Å². The number of hydrogen-bond donors (Lipinski definition) is 3. The van der Waals surface area contributed by atoms with Crippen molar-refractivity contribution in [2.24, 2.45) is 0 Å². The van der Waals surface area contributed by atoms with Gasteiger partial charge in [0.15, 0.2) is 0 Å². The van der Waals surface area contributed by atoms with Crippen molar-refractivity contribution in [1.82, 2.24) is 9.97 Å². The molecule has 1 aromatic heterocycles. The van der Waals surface area contributed by atoms with Crippen LogP contribution < -0.4 is 21.3 Å². The highest BCUT2D eigenvalue weighted by atomic mass is 19.4. The molecule has 0 fully saturated rings. The Balaban J connectivity index is 2.14. The Morgan fingerprint density at radius 3 is 2.25 bits per heavy atom. The van der Waals surface area contributed by atoms with Gasteiger partial charge in [-0.2, -0.15) is 0 Å². The first-order valence-electron chi connectivity index (χ1n) is 5.28. The van der Waals surface area contributed by atoms with Crippen molar-refractivity contribution in [2.45, 2.75) is 6.36 Å². The number of aromatic amines is 2. The zero-order valence-corrected chi connectivity index (χ0v) is 9.75. The van der Waals surface area contributed by atoms with Crippen LogP contribution in [0.1, 0.15) is 0 Å². The Bertz CT molecular complexity index is 675. The lowest BCUT2D eigenvalue weighted by atomic mass is 10.3. The maximum atomic E-state index is 12.0. The van der Waals surface area contributed by atoms with Gasteiger partial charge in [-0.3, -0.25) is 14.8 Å². The summed E-state index contributed by atoms with van der Waals surface area (Å²) in [6, 6.07) is 5.91. The van der Waals surface area contributed by atoms with E-state index in [1.807, 2.05) is 4.98 Å². The van der Waals surface area contributed by atoms with Gasteiger partial charge in [-0.25, -0.2) is 4.79 Å². The summed E-state index contributed by atoms with van der Waals surface area (Å²) in [5, 5.41) is 2.66. The summed E-state index contributed by atoms with van der Waals surface area (Å²) in [7, 11) is 0. The summed E-state index contributed by atoms with van der Waals surface area (Å²) in [6.07, 6.45) is -4.76. The predicted octanol–water partition coefficient (Wildman–Crippen LogP) is 1.71. The minimum Gasteiger partial charge on any atom is -0.406 e. The van der Waals surface area contributed by atoms with E-state index < -0.39 is 17.6 Å². The molecule has 2 aromatic rings. The van der Waals surface area contributed by atoms with Crippen molar-refractivity contribution >= 4 is 11.5 Å². The van der Waals surface area contributed by atoms with E-state index in [4.69, 9.17) is 0 Å². The van der Waals surface area contributed by atoms with Crippen molar-refractivity contribution in [2.75, 3.05) is 5.32 Å². The number of hydrogen-bond acceptors (Lipinski definition) is 4. The van der Waals surface area contributed by atoms with E-state index in [2.05, 4.69) is 15.0 Å². The fourth-order valence-electron chi connectivity index (χ4n) is 1.43. The number of rotatable bonds is 3. The van der Waals surface area contributed by atoms with E-state index >= 15 is 0 Å². The highest BCUT2D eigenvalue weighted by Gasteiger charge is 2.30. The fourth-order valence-corrected chi connectivity index (χ4v) is 1.43. The lowest BCUT2D eigenvalue weighted by molar-refractivity contribution is -0.274. The lowest BCUT2D eigenvalue weighted by Gasteiger charge is -2.10. The molecule has 0 atom stereocenters. The standard InChI is InChI=1S/C11H8F3N3O3/c12-11(13,14)20-7-3-1-6(2-4-7)15-8-5-9(18)17-10(19)16-8/h1-5H,(H3,15,16,17,18,19). The van der Waals surface area contributed by atoms with Crippen LogP contribution in [0, 0.1) is 0 Å². The minimum atomic E-state index is -4.76. The number of nitrogens with one attached hydrogen (secondary N) is 3. The second-order valence-electron chi connectivity index (χ2n) is 3.70. The molecule has 9 heteroatoms. The van der Waals surface area contributed by atoms with Crippen LogP contribution in [0.2, 0.25) is 0 Å². The van der Waals surface area contributed by atoms with Crippen LogP contribution in [0.4, 0.5) is 24.7 Å². The molecule has 1 aromatic carbocycles. The SMILES string of the molecule is O=c1cc(Nc2ccc(OC(F)(F)F)cc2)[nH]c(=O)[nH]1. The van der Waals surface area contributed by atoms with Crippen LogP contribution in [0.5, 0.6) is 5.75 Å². The van der Waals surface area contributed by atoms with Crippen LogP contribution in [-0.4, -0.2) is 16.3 Å². The summed E-state index contributed by atoms with van der Waals surface area (Å²) < 4.78 is 39.6. The Morgan fingerprint density at radius 2 is 1.70 bits per heavy atom. The molecule has 0 aliphatic carbocycles. The van der Waals surface area contributed by atoms with Gasteiger partial charge >= 0.3 is 12.1 Å². The van der Waals surface area contributed by atoms with Gasteiger partial charge < -0.3 is 10.1 Å². The topological polar surface area (TPSA) is 87.0 Å². The number of H-pyrrole nitrogens is 2. The van der Waals surface area contributed by atoms with E-state index in [1.54, 1.807) is 0 Å².